The van der Waals surface area contributed by atoms with Gasteiger partial charge in [0.1, 0.15) is 11.5 Å². The van der Waals surface area contributed by atoms with Crippen LogP contribution in [0.4, 0.5) is 5.82 Å². The van der Waals surface area contributed by atoms with Crippen molar-refractivity contribution in [1.82, 2.24) is 15.0 Å². The molecule has 2 N–H and O–H groups in total. The largest absolute Gasteiger partial charge is 0.383 e. The predicted molar refractivity (Wildman–Crippen MR) is 84.6 cm³/mol. The molecule has 0 radical (unpaired) electrons. The van der Waals surface area contributed by atoms with Crippen LogP contribution in [0.5, 0.6) is 0 Å². The zero-order chi connectivity index (χ0) is 14.8. The Hall–Kier alpha value is -2.75. The Morgan fingerprint density at radius 2 is 1.62 bits per heavy atom. The maximum absolute atomic E-state index is 6.07. The molecule has 3 aromatic rings. The first-order valence-corrected chi connectivity index (χ1v) is 6.78. The van der Waals surface area contributed by atoms with Crippen molar-refractivity contribution in [3.63, 3.8) is 0 Å². The summed E-state index contributed by atoms with van der Waals surface area (Å²) >= 11 is 0. The number of nitrogens with zero attached hydrogens (tertiary/aromatic N) is 3. The Bertz CT molecular complexity index is 782. The maximum Gasteiger partial charge on any atom is 0.181 e. The molecule has 0 spiro atoms. The van der Waals surface area contributed by atoms with Gasteiger partial charge in [0.15, 0.2) is 5.82 Å². The summed E-state index contributed by atoms with van der Waals surface area (Å²) < 4.78 is 0. The molecule has 4 heteroatoms. The molecule has 0 amide bonds. The molecule has 0 aliphatic rings. The lowest BCUT2D eigenvalue weighted by Crippen LogP contribution is -2.04. The zero-order valence-corrected chi connectivity index (χ0v) is 12.0. The number of benzene rings is 1. The minimum absolute atomic E-state index is 0.490. The third-order valence-electron chi connectivity index (χ3n) is 3.45. The average molecular weight is 276 g/mol. The third-order valence-corrected chi connectivity index (χ3v) is 3.45. The van der Waals surface area contributed by atoms with E-state index in [1.54, 1.807) is 6.20 Å². The lowest BCUT2D eigenvalue weighted by atomic mass is 10.1. The molecule has 4 nitrogen and oxygen atoms in total. The number of nitrogen functional groups attached to an aromatic ring is 1. The van der Waals surface area contributed by atoms with Crippen LogP contribution in [0.1, 0.15) is 11.1 Å². The highest BCUT2D eigenvalue weighted by molar-refractivity contribution is 5.70. The number of hydrogen-bond acceptors (Lipinski definition) is 4. The van der Waals surface area contributed by atoms with Crippen molar-refractivity contribution in [2.24, 2.45) is 0 Å². The topological polar surface area (TPSA) is 64.7 Å². The van der Waals surface area contributed by atoms with Gasteiger partial charge in [0.25, 0.3) is 0 Å². The molecule has 0 saturated carbocycles. The van der Waals surface area contributed by atoms with E-state index in [2.05, 4.69) is 15.0 Å². The van der Waals surface area contributed by atoms with Crippen molar-refractivity contribution in [2.45, 2.75) is 13.8 Å². The van der Waals surface area contributed by atoms with Crippen molar-refractivity contribution in [1.29, 1.82) is 0 Å². The summed E-state index contributed by atoms with van der Waals surface area (Å²) in [4.78, 5) is 13.4. The molecule has 3 rings (SSSR count). The normalized spacial score (nSPS) is 10.6. The zero-order valence-electron chi connectivity index (χ0n) is 12.0. The second kappa shape index (κ2) is 5.32. The first-order valence-electron chi connectivity index (χ1n) is 6.78. The lowest BCUT2D eigenvalue weighted by Gasteiger charge is -2.11. The van der Waals surface area contributed by atoms with E-state index in [-0.39, 0.29) is 0 Å². The van der Waals surface area contributed by atoms with Crippen molar-refractivity contribution >= 4 is 5.82 Å². The summed E-state index contributed by atoms with van der Waals surface area (Å²) in [5, 5.41) is 0. The molecular weight excluding hydrogens is 260 g/mol. The SMILES string of the molecule is Cc1cccnc1-c1nc(N)c(C)c(-c2ccccc2)n1. The molecule has 2 heterocycles. The molecule has 104 valence electrons. The Labute approximate surface area is 123 Å². The summed E-state index contributed by atoms with van der Waals surface area (Å²) in [6.07, 6.45) is 1.74. The molecule has 0 saturated heterocycles. The second-order valence-corrected chi connectivity index (χ2v) is 4.94. The van der Waals surface area contributed by atoms with Gasteiger partial charge in [0.2, 0.25) is 0 Å². The van der Waals surface area contributed by atoms with E-state index in [9.17, 15) is 0 Å². The molecule has 0 fully saturated rings. The molecule has 0 aliphatic carbocycles. The molecular formula is C17H16N4. The second-order valence-electron chi connectivity index (χ2n) is 4.94. The molecule has 0 atom stereocenters. The van der Waals surface area contributed by atoms with E-state index in [1.807, 2.05) is 56.3 Å². The van der Waals surface area contributed by atoms with E-state index in [0.717, 1.165) is 28.1 Å². The lowest BCUT2D eigenvalue weighted by molar-refractivity contribution is 1.11. The van der Waals surface area contributed by atoms with Crippen LogP contribution >= 0.6 is 0 Å². The fraction of sp³-hybridized carbons (Fsp3) is 0.118. The fourth-order valence-corrected chi connectivity index (χ4v) is 2.24. The van der Waals surface area contributed by atoms with E-state index >= 15 is 0 Å². The minimum atomic E-state index is 0.490. The van der Waals surface area contributed by atoms with Crippen LogP contribution in [0.3, 0.4) is 0 Å². The van der Waals surface area contributed by atoms with E-state index in [1.165, 1.54) is 0 Å². The number of nitrogens with two attached hydrogens (primary N) is 1. The number of anilines is 1. The van der Waals surface area contributed by atoms with Crippen molar-refractivity contribution < 1.29 is 0 Å². The number of pyridine rings is 1. The minimum Gasteiger partial charge on any atom is -0.383 e. The summed E-state index contributed by atoms with van der Waals surface area (Å²) in [7, 11) is 0. The Balaban J connectivity index is 2.22. The predicted octanol–water partition coefficient (Wildman–Crippen LogP) is 3.40. The van der Waals surface area contributed by atoms with E-state index < -0.39 is 0 Å². The summed E-state index contributed by atoms with van der Waals surface area (Å²) in [6.45, 7) is 3.93. The van der Waals surface area contributed by atoms with E-state index in [4.69, 9.17) is 5.73 Å². The van der Waals surface area contributed by atoms with Crippen LogP contribution < -0.4 is 5.73 Å². The van der Waals surface area contributed by atoms with Crippen LogP contribution in [0, 0.1) is 13.8 Å². The van der Waals surface area contributed by atoms with Crippen LogP contribution in [-0.4, -0.2) is 15.0 Å². The van der Waals surface area contributed by atoms with Gasteiger partial charge in [0.05, 0.1) is 5.69 Å². The molecule has 0 aliphatic heterocycles. The van der Waals surface area contributed by atoms with Gasteiger partial charge in [-0.2, -0.15) is 0 Å². The van der Waals surface area contributed by atoms with Gasteiger partial charge >= 0.3 is 0 Å². The van der Waals surface area contributed by atoms with Crippen LogP contribution in [0.25, 0.3) is 22.8 Å². The first kappa shape index (κ1) is 13.2. The Morgan fingerprint density at radius 3 is 2.33 bits per heavy atom. The first-order chi connectivity index (χ1) is 10.2. The highest BCUT2D eigenvalue weighted by Crippen LogP contribution is 2.27. The molecule has 0 unspecified atom stereocenters. The average Bonchev–Trinajstić information content (AvgIpc) is 2.51. The van der Waals surface area contributed by atoms with Gasteiger partial charge in [-0.05, 0) is 25.5 Å². The van der Waals surface area contributed by atoms with Gasteiger partial charge in [-0.25, -0.2) is 9.97 Å². The highest BCUT2D eigenvalue weighted by atomic mass is 15.0. The molecule has 0 bridgehead atoms. The van der Waals surface area contributed by atoms with Crippen LogP contribution in [0.15, 0.2) is 48.7 Å². The van der Waals surface area contributed by atoms with E-state index in [0.29, 0.717) is 11.6 Å². The highest BCUT2D eigenvalue weighted by Gasteiger charge is 2.13. The quantitative estimate of drug-likeness (QED) is 0.779. The summed E-state index contributed by atoms with van der Waals surface area (Å²) in [6, 6.07) is 13.9. The van der Waals surface area contributed by atoms with Gasteiger partial charge in [-0.3, -0.25) is 4.98 Å². The van der Waals surface area contributed by atoms with Gasteiger partial charge < -0.3 is 5.73 Å². The summed E-state index contributed by atoms with van der Waals surface area (Å²) in [5.41, 5.74) is 10.6. The standard InChI is InChI=1S/C17H16N4/c1-11-7-6-10-19-14(11)17-20-15(12(2)16(18)21-17)13-8-4-3-5-9-13/h3-10H,1-2H3,(H2,18,20,21). The molecule has 21 heavy (non-hydrogen) atoms. The molecule has 2 aromatic heterocycles. The molecule has 1 aromatic carbocycles. The number of hydrogen-bond donors (Lipinski definition) is 1. The monoisotopic (exact) mass is 276 g/mol. The summed E-state index contributed by atoms with van der Waals surface area (Å²) in [5.74, 6) is 1.05. The van der Waals surface area contributed by atoms with Crippen molar-refractivity contribution in [3.05, 3.63) is 59.8 Å². The number of aromatic nitrogens is 3. The Kier molecular flexibility index (Phi) is 3.36. The maximum atomic E-state index is 6.07. The number of aryl methyl sites for hydroxylation is 1. The van der Waals surface area contributed by atoms with Gasteiger partial charge in [-0.15, -0.1) is 0 Å². The van der Waals surface area contributed by atoms with Gasteiger partial charge in [0, 0.05) is 17.3 Å². The fourth-order valence-electron chi connectivity index (χ4n) is 2.24. The van der Waals surface area contributed by atoms with Crippen molar-refractivity contribution in [2.75, 3.05) is 5.73 Å². The smallest absolute Gasteiger partial charge is 0.181 e. The van der Waals surface area contributed by atoms with Crippen LogP contribution in [0.2, 0.25) is 0 Å². The van der Waals surface area contributed by atoms with Crippen LogP contribution in [-0.2, 0) is 0 Å². The third kappa shape index (κ3) is 2.48. The van der Waals surface area contributed by atoms with Gasteiger partial charge in [-0.1, -0.05) is 36.4 Å². The van der Waals surface area contributed by atoms with Crippen molar-refractivity contribution in [3.8, 4) is 22.8 Å². The Morgan fingerprint density at radius 1 is 0.857 bits per heavy atom. The number of rotatable bonds is 2.